The van der Waals surface area contributed by atoms with Gasteiger partial charge in [-0.15, -0.1) is 11.8 Å². The Labute approximate surface area is 165 Å². The molecule has 0 radical (unpaired) electrons. The topological polar surface area (TPSA) is 37.4 Å². The summed E-state index contributed by atoms with van der Waals surface area (Å²) in [5, 5.41) is 0. The summed E-state index contributed by atoms with van der Waals surface area (Å²) < 4.78 is 27.3. The number of rotatable bonds is 2. The lowest BCUT2D eigenvalue weighted by atomic mass is 10.1. The van der Waals surface area contributed by atoms with Crippen LogP contribution in [0.1, 0.15) is 69.8 Å². The maximum atomic E-state index is 13.0. The zero-order chi connectivity index (χ0) is 19.4. The third-order valence-electron chi connectivity index (χ3n) is 4.77. The van der Waals surface area contributed by atoms with Gasteiger partial charge >= 0.3 is 0 Å². The Morgan fingerprint density at radius 1 is 0.704 bits per heavy atom. The van der Waals surface area contributed by atoms with Crippen LogP contribution in [0.25, 0.3) is 0 Å². The van der Waals surface area contributed by atoms with Gasteiger partial charge in [0.15, 0.2) is 0 Å². The zero-order valence-electron chi connectivity index (χ0n) is 16.5. The van der Waals surface area contributed by atoms with Crippen LogP contribution in [0.5, 0.6) is 0 Å². The van der Waals surface area contributed by atoms with Gasteiger partial charge in [-0.1, -0.05) is 68.1 Å². The Morgan fingerprint density at radius 3 is 1.63 bits per heavy atom. The van der Waals surface area contributed by atoms with Crippen LogP contribution in [-0.4, -0.2) is 25.8 Å². The Kier molecular flexibility index (Phi) is 9.46. The summed E-state index contributed by atoms with van der Waals surface area (Å²) >= 11 is 0. The minimum absolute atomic E-state index is 0.199. The van der Waals surface area contributed by atoms with Gasteiger partial charge in [-0.25, -0.2) is 8.42 Å². The molecule has 0 N–H and O–H groups in total. The highest BCUT2D eigenvalue weighted by Gasteiger charge is 2.22. The van der Waals surface area contributed by atoms with Gasteiger partial charge in [0.05, 0.1) is 18.0 Å². The highest BCUT2D eigenvalue weighted by atomic mass is 32.2. The van der Waals surface area contributed by atoms with Gasteiger partial charge in [0.1, 0.15) is 0 Å². The van der Waals surface area contributed by atoms with E-state index in [1.807, 2.05) is 19.1 Å². The molecule has 4 heteroatoms. The summed E-state index contributed by atoms with van der Waals surface area (Å²) in [5.41, 5.74) is 1.04. The van der Waals surface area contributed by atoms with Gasteiger partial charge in [-0.05, 0) is 31.9 Å². The van der Waals surface area contributed by atoms with Crippen molar-refractivity contribution in [2.45, 2.75) is 76.0 Å². The standard InChI is InChI=1S/C23H31NO2S/c1-22-16-18-23(19-17-22)27(25,26)24-20-14-12-10-8-6-4-2-3-5-7-9-11-13-15-21-24/h16-19H,2-11,20-21H2,1H3. The van der Waals surface area contributed by atoms with Crippen molar-refractivity contribution in [1.82, 2.24) is 4.31 Å². The maximum absolute atomic E-state index is 13.0. The van der Waals surface area contributed by atoms with Crippen molar-refractivity contribution in [2.75, 3.05) is 13.1 Å². The van der Waals surface area contributed by atoms with Crippen LogP contribution < -0.4 is 0 Å². The molecule has 0 atom stereocenters. The van der Waals surface area contributed by atoms with Crippen LogP contribution in [0.15, 0.2) is 29.2 Å². The molecule has 27 heavy (non-hydrogen) atoms. The van der Waals surface area contributed by atoms with E-state index in [4.69, 9.17) is 0 Å². The minimum Gasteiger partial charge on any atom is -0.207 e. The lowest BCUT2D eigenvalue weighted by Crippen LogP contribution is -2.32. The highest BCUT2D eigenvalue weighted by Crippen LogP contribution is 2.16. The van der Waals surface area contributed by atoms with E-state index >= 15 is 0 Å². The van der Waals surface area contributed by atoms with Crippen LogP contribution >= 0.6 is 0 Å². The Morgan fingerprint density at radius 2 is 1.15 bits per heavy atom. The van der Waals surface area contributed by atoms with Crippen LogP contribution in [0.2, 0.25) is 0 Å². The summed E-state index contributed by atoms with van der Waals surface area (Å²) in [6.07, 6.45) is 11.4. The normalized spacial score (nSPS) is 18.4. The zero-order valence-corrected chi connectivity index (χ0v) is 17.3. The van der Waals surface area contributed by atoms with Crippen LogP contribution in [0.3, 0.4) is 0 Å². The van der Waals surface area contributed by atoms with Crippen LogP contribution in [0.4, 0.5) is 0 Å². The average Bonchev–Trinajstić information content (AvgIpc) is 2.66. The number of sulfonamides is 1. The molecule has 1 aliphatic heterocycles. The molecule has 3 nitrogen and oxygen atoms in total. The first-order valence-corrected chi connectivity index (χ1v) is 11.5. The van der Waals surface area contributed by atoms with Gasteiger partial charge in [0.2, 0.25) is 10.0 Å². The van der Waals surface area contributed by atoms with E-state index in [1.165, 1.54) is 42.8 Å². The molecule has 0 fully saturated rings. The first-order valence-electron chi connectivity index (χ1n) is 10.1. The van der Waals surface area contributed by atoms with Crippen molar-refractivity contribution in [2.24, 2.45) is 0 Å². The van der Waals surface area contributed by atoms with Crippen molar-refractivity contribution in [3.05, 3.63) is 29.8 Å². The lowest BCUT2D eigenvalue weighted by Gasteiger charge is -2.17. The molecule has 146 valence electrons. The fraction of sp³-hybridized carbons (Fsp3) is 0.565. The predicted molar refractivity (Wildman–Crippen MR) is 112 cm³/mol. The lowest BCUT2D eigenvalue weighted by molar-refractivity contribution is 0.482. The Balaban J connectivity index is 2.11. The van der Waals surface area contributed by atoms with Crippen molar-refractivity contribution in [3.63, 3.8) is 0 Å². The maximum Gasteiger partial charge on any atom is 0.244 e. The van der Waals surface area contributed by atoms with E-state index in [-0.39, 0.29) is 13.1 Å². The molecule has 0 bridgehead atoms. The van der Waals surface area contributed by atoms with Gasteiger partial charge in [-0.3, -0.25) is 0 Å². The number of nitrogens with zero attached hydrogens (tertiary/aromatic N) is 1. The molecule has 0 spiro atoms. The molecule has 0 saturated carbocycles. The molecular weight excluding hydrogens is 354 g/mol. The molecule has 0 aromatic heterocycles. The molecular formula is C23H31NO2S. The van der Waals surface area contributed by atoms with E-state index in [2.05, 4.69) is 23.7 Å². The molecule has 1 aromatic rings. The SMILES string of the molecule is Cc1ccc(S(=O)(=O)N2CC#CCCCCCCCCCCC#CC2)cc1. The van der Waals surface area contributed by atoms with E-state index in [0.717, 1.165) is 31.2 Å². The third kappa shape index (κ3) is 7.79. The number of hydrogen-bond acceptors (Lipinski definition) is 2. The fourth-order valence-electron chi connectivity index (χ4n) is 3.04. The molecule has 0 aliphatic carbocycles. The summed E-state index contributed by atoms with van der Waals surface area (Å²) in [7, 11) is -3.57. The Bertz CT molecular complexity index is 757. The summed E-state index contributed by atoms with van der Waals surface area (Å²) in [4.78, 5) is 0.308. The van der Waals surface area contributed by atoms with E-state index in [0.29, 0.717) is 4.90 Å². The number of aryl methyl sites for hydroxylation is 1. The van der Waals surface area contributed by atoms with Gasteiger partial charge in [0.25, 0.3) is 0 Å². The first-order chi connectivity index (χ1) is 13.1. The molecule has 1 heterocycles. The minimum atomic E-state index is -3.57. The summed E-state index contributed by atoms with van der Waals surface area (Å²) in [6.45, 7) is 2.35. The molecule has 2 rings (SSSR count). The molecule has 1 aliphatic rings. The molecule has 0 saturated heterocycles. The van der Waals surface area contributed by atoms with E-state index in [9.17, 15) is 8.42 Å². The quantitative estimate of drug-likeness (QED) is 0.679. The van der Waals surface area contributed by atoms with Gasteiger partial charge in [0, 0.05) is 12.8 Å². The second-order valence-corrected chi connectivity index (χ2v) is 9.06. The van der Waals surface area contributed by atoms with E-state index < -0.39 is 10.0 Å². The van der Waals surface area contributed by atoms with Gasteiger partial charge in [-0.2, -0.15) is 4.31 Å². The molecule has 1 aromatic carbocycles. The largest absolute Gasteiger partial charge is 0.244 e. The van der Waals surface area contributed by atoms with E-state index in [1.54, 1.807) is 12.1 Å². The fourth-order valence-corrected chi connectivity index (χ4v) is 4.28. The monoisotopic (exact) mass is 385 g/mol. The second kappa shape index (κ2) is 11.9. The smallest absolute Gasteiger partial charge is 0.207 e. The predicted octanol–water partition coefficient (Wildman–Crippen LogP) is 4.91. The van der Waals surface area contributed by atoms with Crippen molar-refractivity contribution in [1.29, 1.82) is 0 Å². The summed E-state index contributed by atoms with van der Waals surface area (Å²) in [5.74, 6) is 12.4. The molecule has 0 amide bonds. The van der Waals surface area contributed by atoms with Crippen molar-refractivity contribution >= 4 is 10.0 Å². The number of benzene rings is 1. The number of hydrogen-bond donors (Lipinski definition) is 0. The summed E-state index contributed by atoms with van der Waals surface area (Å²) in [6, 6.07) is 6.97. The highest BCUT2D eigenvalue weighted by molar-refractivity contribution is 7.89. The van der Waals surface area contributed by atoms with Crippen molar-refractivity contribution < 1.29 is 8.42 Å². The van der Waals surface area contributed by atoms with Crippen LogP contribution in [0, 0.1) is 30.6 Å². The molecule has 0 unspecified atom stereocenters. The average molecular weight is 386 g/mol. The second-order valence-electron chi connectivity index (χ2n) is 7.12. The first kappa shape index (κ1) is 21.5. The van der Waals surface area contributed by atoms with Crippen molar-refractivity contribution in [3.8, 4) is 23.7 Å². The Hall–Kier alpha value is -1.75. The van der Waals surface area contributed by atoms with Gasteiger partial charge < -0.3 is 0 Å². The third-order valence-corrected chi connectivity index (χ3v) is 6.58. The van der Waals surface area contributed by atoms with Crippen LogP contribution in [-0.2, 0) is 10.0 Å².